The highest BCUT2D eigenvalue weighted by Crippen LogP contribution is 2.49. The minimum absolute atomic E-state index is 0.113. The van der Waals surface area contributed by atoms with Crippen LogP contribution in [0.15, 0.2) is 28.9 Å². The molecule has 100 valence electrons. The molecule has 2 N–H and O–H groups in total. The summed E-state index contributed by atoms with van der Waals surface area (Å²) in [4.78, 5) is 0. The average molecular weight is 320 g/mol. The van der Waals surface area contributed by atoms with Gasteiger partial charge in [0.1, 0.15) is 0 Å². The lowest BCUT2D eigenvalue weighted by Gasteiger charge is -2.10. The number of aromatic nitrogens is 2. The Labute approximate surface area is 121 Å². The van der Waals surface area contributed by atoms with Gasteiger partial charge in [0.2, 0.25) is 0 Å². The van der Waals surface area contributed by atoms with Gasteiger partial charge in [-0.1, -0.05) is 12.1 Å². The second-order valence-corrected chi connectivity index (χ2v) is 6.33. The fraction of sp³-hybridized carbons (Fsp3) is 0.400. The molecule has 1 saturated carbocycles. The molecule has 0 spiro atoms. The van der Waals surface area contributed by atoms with Crippen molar-refractivity contribution in [1.29, 1.82) is 0 Å². The summed E-state index contributed by atoms with van der Waals surface area (Å²) in [5.74, 6) is 0. The van der Waals surface area contributed by atoms with Crippen molar-refractivity contribution in [2.24, 2.45) is 5.73 Å². The summed E-state index contributed by atoms with van der Waals surface area (Å²) in [6, 6.07) is 6.30. The lowest BCUT2D eigenvalue weighted by Crippen LogP contribution is -2.21. The Bertz CT molecular complexity index is 626. The van der Waals surface area contributed by atoms with Crippen LogP contribution in [0.25, 0.3) is 5.69 Å². The molecule has 0 radical (unpaired) electrons. The summed E-state index contributed by atoms with van der Waals surface area (Å²) < 4.78 is 3.04. The fourth-order valence-electron chi connectivity index (χ4n) is 2.51. The summed E-state index contributed by atoms with van der Waals surface area (Å²) in [5, 5.41) is 4.78. The van der Waals surface area contributed by atoms with E-state index < -0.39 is 0 Å². The number of hydrogen-bond donors (Lipinski definition) is 1. The van der Waals surface area contributed by atoms with E-state index in [1.54, 1.807) is 0 Å². The second-order valence-electron chi connectivity index (χ2n) is 5.47. The number of benzene rings is 1. The summed E-state index contributed by atoms with van der Waals surface area (Å²) in [5.41, 5.74) is 10.8. The van der Waals surface area contributed by atoms with Crippen molar-refractivity contribution in [2.45, 2.75) is 32.1 Å². The fourth-order valence-corrected chi connectivity index (χ4v) is 3.20. The highest BCUT2D eigenvalue weighted by Gasteiger charge is 2.46. The molecule has 3 nitrogen and oxygen atoms in total. The first-order chi connectivity index (χ1) is 9.07. The Morgan fingerprint density at radius 1 is 1.37 bits per heavy atom. The highest BCUT2D eigenvalue weighted by atomic mass is 79.9. The Hall–Kier alpha value is -1.13. The van der Waals surface area contributed by atoms with Gasteiger partial charge in [0.05, 0.1) is 15.9 Å². The maximum atomic E-state index is 5.90. The molecule has 0 saturated heterocycles. The molecule has 2 aromatic rings. The first-order valence-electron chi connectivity index (χ1n) is 6.60. The van der Waals surface area contributed by atoms with Gasteiger partial charge in [0.15, 0.2) is 0 Å². The highest BCUT2D eigenvalue weighted by molar-refractivity contribution is 9.10. The minimum atomic E-state index is 0.113. The number of rotatable bonds is 3. The largest absolute Gasteiger partial charge is 0.330 e. The van der Waals surface area contributed by atoms with E-state index in [0.717, 1.165) is 28.7 Å². The summed E-state index contributed by atoms with van der Waals surface area (Å²) in [6.45, 7) is 4.94. The molecule has 19 heavy (non-hydrogen) atoms. The van der Waals surface area contributed by atoms with Gasteiger partial charge in [-0.15, -0.1) is 0 Å². The van der Waals surface area contributed by atoms with Crippen LogP contribution in [0, 0.1) is 13.8 Å². The number of nitrogens with zero attached hydrogens (tertiary/aromatic N) is 2. The molecule has 1 fully saturated rings. The van der Waals surface area contributed by atoms with Gasteiger partial charge in [-0.25, -0.2) is 4.68 Å². The van der Waals surface area contributed by atoms with Crippen molar-refractivity contribution < 1.29 is 0 Å². The molecule has 3 rings (SSSR count). The topological polar surface area (TPSA) is 43.8 Å². The normalized spacial score (nSPS) is 16.6. The standard InChI is InChI=1S/C15H18BrN3/c1-10-4-3-5-13(11(10)2)19-8-12(16)14(18-19)15(9-17)6-7-15/h3-5,8H,6-7,9,17H2,1-2H3. The monoisotopic (exact) mass is 319 g/mol. The lowest BCUT2D eigenvalue weighted by molar-refractivity contribution is 0.658. The Kier molecular flexibility index (Phi) is 3.02. The molecule has 1 aliphatic carbocycles. The molecule has 1 aromatic carbocycles. The van der Waals surface area contributed by atoms with Crippen LogP contribution in [-0.4, -0.2) is 16.3 Å². The maximum absolute atomic E-state index is 5.90. The van der Waals surface area contributed by atoms with Crippen LogP contribution in [-0.2, 0) is 5.41 Å². The SMILES string of the molecule is Cc1cccc(-n2cc(Br)c(C3(CN)CC3)n2)c1C. The molecular weight excluding hydrogens is 302 g/mol. The van der Waals surface area contributed by atoms with E-state index >= 15 is 0 Å². The van der Waals surface area contributed by atoms with Gasteiger partial charge >= 0.3 is 0 Å². The van der Waals surface area contributed by atoms with Crippen LogP contribution >= 0.6 is 15.9 Å². The molecule has 0 aliphatic heterocycles. The van der Waals surface area contributed by atoms with Crippen LogP contribution in [0.4, 0.5) is 0 Å². The summed E-state index contributed by atoms with van der Waals surface area (Å²) in [7, 11) is 0. The zero-order valence-electron chi connectivity index (χ0n) is 11.3. The zero-order chi connectivity index (χ0) is 13.6. The number of nitrogens with two attached hydrogens (primary N) is 1. The second kappa shape index (κ2) is 4.46. The van der Waals surface area contributed by atoms with E-state index in [2.05, 4.69) is 48.0 Å². The molecule has 4 heteroatoms. The number of halogens is 1. The third-order valence-corrected chi connectivity index (χ3v) is 4.82. The summed E-state index contributed by atoms with van der Waals surface area (Å²) >= 11 is 3.64. The van der Waals surface area contributed by atoms with E-state index in [4.69, 9.17) is 10.8 Å². The van der Waals surface area contributed by atoms with Crippen molar-refractivity contribution in [1.82, 2.24) is 9.78 Å². The maximum Gasteiger partial charge on any atom is 0.0845 e. The minimum Gasteiger partial charge on any atom is -0.330 e. The van der Waals surface area contributed by atoms with Crippen LogP contribution in [0.2, 0.25) is 0 Å². The third-order valence-electron chi connectivity index (χ3n) is 4.24. The Balaban J connectivity index is 2.08. The van der Waals surface area contributed by atoms with Gasteiger partial charge in [-0.2, -0.15) is 5.10 Å². The zero-order valence-corrected chi connectivity index (χ0v) is 12.9. The van der Waals surface area contributed by atoms with Crippen LogP contribution < -0.4 is 5.73 Å². The smallest absolute Gasteiger partial charge is 0.0845 e. The molecule has 1 aromatic heterocycles. The van der Waals surface area contributed by atoms with Crippen molar-refractivity contribution in [3.05, 3.63) is 45.7 Å². The molecule has 0 atom stereocenters. The van der Waals surface area contributed by atoms with E-state index in [1.165, 1.54) is 11.1 Å². The van der Waals surface area contributed by atoms with E-state index in [-0.39, 0.29) is 5.41 Å². The van der Waals surface area contributed by atoms with Gasteiger partial charge in [0.25, 0.3) is 0 Å². The Morgan fingerprint density at radius 3 is 2.74 bits per heavy atom. The lowest BCUT2D eigenvalue weighted by atomic mass is 10.0. The van der Waals surface area contributed by atoms with Gasteiger partial charge in [-0.3, -0.25) is 0 Å². The molecule has 0 amide bonds. The quantitative estimate of drug-likeness (QED) is 0.943. The van der Waals surface area contributed by atoms with Crippen molar-refractivity contribution in [2.75, 3.05) is 6.54 Å². The molecule has 0 unspecified atom stereocenters. The van der Waals surface area contributed by atoms with Crippen molar-refractivity contribution >= 4 is 15.9 Å². The predicted molar refractivity (Wildman–Crippen MR) is 80.7 cm³/mol. The number of aryl methyl sites for hydroxylation is 1. The predicted octanol–water partition coefficient (Wildman–Crippen LogP) is 3.24. The van der Waals surface area contributed by atoms with Crippen LogP contribution in [0.3, 0.4) is 0 Å². The van der Waals surface area contributed by atoms with Crippen LogP contribution in [0.1, 0.15) is 29.7 Å². The van der Waals surface area contributed by atoms with E-state index in [9.17, 15) is 0 Å². The summed E-state index contributed by atoms with van der Waals surface area (Å²) in [6.07, 6.45) is 4.34. The van der Waals surface area contributed by atoms with E-state index in [1.807, 2.05) is 10.9 Å². The van der Waals surface area contributed by atoms with Gasteiger partial charge in [-0.05, 0) is 59.8 Å². The van der Waals surface area contributed by atoms with Gasteiger partial charge < -0.3 is 5.73 Å². The van der Waals surface area contributed by atoms with Crippen LogP contribution in [0.5, 0.6) is 0 Å². The molecular formula is C15H18BrN3. The first kappa shape index (κ1) is 12.9. The molecule has 1 heterocycles. The van der Waals surface area contributed by atoms with Crippen molar-refractivity contribution in [3.63, 3.8) is 0 Å². The average Bonchev–Trinajstić information content (AvgIpc) is 3.10. The van der Waals surface area contributed by atoms with E-state index in [0.29, 0.717) is 6.54 Å². The van der Waals surface area contributed by atoms with Gasteiger partial charge in [0, 0.05) is 18.2 Å². The van der Waals surface area contributed by atoms with Crippen molar-refractivity contribution in [3.8, 4) is 5.69 Å². The Morgan fingerprint density at radius 2 is 2.11 bits per heavy atom. The first-order valence-corrected chi connectivity index (χ1v) is 7.39. The molecule has 1 aliphatic rings. The molecule has 0 bridgehead atoms. The number of hydrogen-bond acceptors (Lipinski definition) is 2. The third kappa shape index (κ3) is 2.03.